The van der Waals surface area contributed by atoms with Crippen LogP contribution in [-0.2, 0) is 5.41 Å². The van der Waals surface area contributed by atoms with Crippen LogP contribution in [0.25, 0.3) is 11.1 Å². The number of anilines is 6. The molecule has 9 rings (SSSR count). The van der Waals surface area contributed by atoms with Gasteiger partial charge in [-0.15, -0.1) is 0 Å². The second-order valence-electron chi connectivity index (χ2n) is 13.1. The summed E-state index contributed by atoms with van der Waals surface area (Å²) in [4.78, 5) is 4.61. The van der Waals surface area contributed by atoms with E-state index in [4.69, 9.17) is 0 Å². The quantitative estimate of drug-likeness (QED) is 0.159. The summed E-state index contributed by atoms with van der Waals surface area (Å²) < 4.78 is 14.8. The highest BCUT2D eigenvalue weighted by Gasteiger charge is 2.47. The van der Waals surface area contributed by atoms with Gasteiger partial charge in [0.2, 0.25) is 0 Å². The number of hydrogen-bond acceptors (Lipinski definition) is 2. The monoisotopic (exact) mass is 670 g/mol. The molecule has 2 nitrogen and oxygen atoms in total. The third kappa shape index (κ3) is 5.26. The number of fused-ring (bicyclic) bond motifs is 3. The second-order valence-corrected chi connectivity index (χ2v) is 13.1. The van der Waals surface area contributed by atoms with Crippen molar-refractivity contribution in [3.8, 4) is 11.1 Å². The molecule has 0 aromatic heterocycles. The first-order valence-electron chi connectivity index (χ1n) is 17.6. The van der Waals surface area contributed by atoms with Gasteiger partial charge in [-0.2, -0.15) is 0 Å². The van der Waals surface area contributed by atoms with Crippen molar-refractivity contribution in [2.24, 2.45) is 0 Å². The topological polar surface area (TPSA) is 6.48 Å². The maximum Gasteiger partial charge on any atom is 0.123 e. The second kappa shape index (κ2) is 13.2. The Morgan fingerprint density at radius 2 is 0.635 bits per heavy atom. The molecule has 0 heterocycles. The van der Waals surface area contributed by atoms with Crippen molar-refractivity contribution in [1.82, 2.24) is 0 Å². The van der Waals surface area contributed by atoms with E-state index in [1.807, 2.05) is 36.4 Å². The molecule has 1 aliphatic rings. The predicted molar refractivity (Wildman–Crippen MR) is 213 cm³/mol. The van der Waals surface area contributed by atoms with Gasteiger partial charge in [0.1, 0.15) is 5.82 Å². The van der Waals surface area contributed by atoms with Gasteiger partial charge >= 0.3 is 0 Å². The predicted octanol–water partition coefficient (Wildman–Crippen LogP) is 13.1. The molecule has 0 saturated carbocycles. The molecular formula is C49H35FN2. The fourth-order valence-corrected chi connectivity index (χ4v) is 7.96. The standard InChI is InChI=1S/C49H35FN2/c50-38-28-26-37(27-29-38)49(36-16-6-1-7-17-36)47-34-43(51(39-18-8-2-9-19-39)40-20-10-3-11-21-40)30-32-45(47)46-33-31-44(35-48(46)49)52(41-22-12-4-13-23-41)42-24-14-5-15-25-42/h1-35H. The van der Waals surface area contributed by atoms with Crippen molar-refractivity contribution in [3.63, 3.8) is 0 Å². The maximum atomic E-state index is 14.8. The van der Waals surface area contributed by atoms with Crippen molar-refractivity contribution in [2.45, 2.75) is 5.41 Å². The average Bonchev–Trinajstić information content (AvgIpc) is 3.50. The zero-order valence-corrected chi connectivity index (χ0v) is 28.5. The summed E-state index contributed by atoms with van der Waals surface area (Å²) in [7, 11) is 0. The van der Waals surface area contributed by atoms with E-state index in [2.05, 4.69) is 174 Å². The van der Waals surface area contributed by atoms with Crippen LogP contribution in [0.5, 0.6) is 0 Å². The average molecular weight is 671 g/mol. The molecule has 1 aliphatic carbocycles. The zero-order valence-electron chi connectivity index (χ0n) is 28.5. The highest BCUT2D eigenvalue weighted by atomic mass is 19.1. The van der Waals surface area contributed by atoms with Crippen molar-refractivity contribution in [1.29, 1.82) is 0 Å². The van der Waals surface area contributed by atoms with Crippen LogP contribution in [0.2, 0.25) is 0 Å². The Bertz CT molecular complexity index is 2240. The van der Waals surface area contributed by atoms with Gasteiger partial charge in [-0.25, -0.2) is 4.39 Å². The van der Waals surface area contributed by atoms with E-state index in [1.165, 1.54) is 0 Å². The van der Waals surface area contributed by atoms with E-state index in [1.54, 1.807) is 12.1 Å². The normalized spacial score (nSPS) is 12.5. The molecule has 0 spiro atoms. The lowest BCUT2D eigenvalue weighted by Gasteiger charge is -2.35. The molecule has 0 N–H and O–H groups in total. The van der Waals surface area contributed by atoms with Gasteiger partial charge in [-0.05, 0) is 118 Å². The smallest absolute Gasteiger partial charge is 0.123 e. The van der Waals surface area contributed by atoms with Crippen molar-refractivity contribution < 1.29 is 4.39 Å². The van der Waals surface area contributed by atoms with Gasteiger partial charge in [0.05, 0.1) is 5.41 Å². The molecule has 248 valence electrons. The Morgan fingerprint density at radius 3 is 1.00 bits per heavy atom. The third-order valence-electron chi connectivity index (χ3n) is 10.2. The summed E-state index contributed by atoms with van der Waals surface area (Å²) in [5.41, 5.74) is 12.4. The van der Waals surface area contributed by atoms with Crippen LogP contribution >= 0.6 is 0 Å². The van der Waals surface area contributed by atoms with Crippen LogP contribution in [0, 0.1) is 5.82 Å². The Labute approximate surface area is 304 Å². The van der Waals surface area contributed by atoms with Crippen LogP contribution in [0.4, 0.5) is 38.5 Å². The molecule has 0 radical (unpaired) electrons. The Hall–Kier alpha value is -6.71. The van der Waals surface area contributed by atoms with Crippen LogP contribution in [-0.4, -0.2) is 0 Å². The molecule has 0 fully saturated rings. The first-order valence-corrected chi connectivity index (χ1v) is 17.6. The molecule has 52 heavy (non-hydrogen) atoms. The molecular weight excluding hydrogens is 636 g/mol. The van der Waals surface area contributed by atoms with Crippen molar-refractivity contribution in [3.05, 3.63) is 240 Å². The SMILES string of the molecule is Fc1ccc(C2(c3ccccc3)c3cc(N(c4ccccc4)c4ccccc4)ccc3-c3ccc(N(c4ccccc4)c4ccccc4)cc32)cc1. The Balaban J connectivity index is 1.34. The molecule has 0 atom stereocenters. The first kappa shape index (κ1) is 31.3. The summed E-state index contributed by atoms with van der Waals surface area (Å²) in [6.45, 7) is 0. The molecule has 0 aliphatic heterocycles. The number of hydrogen-bond donors (Lipinski definition) is 0. The number of benzene rings is 8. The van der Waals surface area contributed by atoms with E-state index < -0.39 is 5.41 Å². The van der Waals surface area contributed by atoms with E-state index >= 15 is 0 Å². The van der Waals surface area contributed by atoms with Gasteiger partial charge in [0, 0.05) is 34.1 Å². The molecule has 8 aromatic rings. The lowest BCUT2D eigenvalue weighted by molar-refractivity contribution is 0.625. The number of nitrogens with zero attached hydrogens (tertiary/aromatic N) is 2. The van der Waals surface area contributed by atoms with Crippen LogP contribution < -0.4 is 9.80 Å². The van der Waals surface area contributed by atoms with Gasteiger partial charge in [0.15, 0.2) is 0 Å². The van der Waals surface area contributed by atoms with E-state index in [-0.39, 0.29) is 5.82 Å². The lowest BCUT2D eigenvalue weighted by Crippen LogP contribution is -2.29. The van der Waals surface area contributed by atoms with E-state index in [0.29, 0.717) is 0 Å². The fourth-order valence-electron chi connectivity index (χ4n) is 7.96. The molecule has 3 heteroatoms. The van der Waals surface area contributed by atoms with Crippen LogP contribution in [0.3, 0.4) is 0 Å². The number of halogens is 1. The molecule has 8 aromatic carbocycles. The molecule has 0 saturated heterocycles. The summed E-state index contributed by atoms with van der Waals surface area (Å²) in [6, 6.07) is 73.4. The third-order valence-corrected chi connectivity index (χ3v) is 10.2. The number of para-hydroxylation sites is 4. The maximum absolute atomic E-state index is 14.8. The summed E-state index contributed by atoms with van der Waals surface area (Å²) >= 11 is 0. The van der Waals surface area contributed by atoms with Crippen LogP contribution in [0.1, 0.15) is 22.3 Å². The molecule has 0 amide bonds. The highest BCUT2D eigenvalue weighted by Crippen LogP contribution is 2.58. The zero-order chi connectivity index (χ0) is 34.9. The van der Waals surface area contributed by atoms with Crippen LogP contribution in [0.15, 0.2) is 212 Å². The Kier molecular flexibility index (Phi) is 7.94. The highest BCUT2D eigenvalue weighted by molar-refractivity contribution is 5.91. The minimum Gasteiger partial charge on any atom is -0.310 e. The van der Waals surface area contributed by atoms with Gasteiger partial charge in [-0.3, -0.25) is 0 Å². The first-order chi connectivity index (χ1) is 25.7. The molecule has 0 unspecified atom stereocenters. The fraction of sp³-hybridized carbons (Fsp3) is 0.0204. The van der Waals surface area contributed by atoms with Crippen molar-refractivity contribution >= 4 is 34.1 Å². The summed E-state index contributed by atoms with van der Waals surface area (Å²) in [5, 5.41) is 0. The Morgan fingerprint density at radius 1 is 0.308 bits per heavy atom. The minimum atomic E-state index is -0.746. The van der Waals surface area contributed by atoms with Gasteiger partial charge < -0.3 is 9.80 Å². The largest absolute Gasteiger partial charge is 0.310 e. The van der Waals surface area contributed by atoms with E-state index in [9.17, 15) is 4.39 Å². The van der Waals surface area contributed by atoms with Crippen molar-refractivity contribution in [2.75, 3.05) is 9.80 Å². The van der Waals surface area contributed by atoms with E-state index in [0.717, 1.165) is 67.5 Å². The molecule has 0 bridgehead atoms. The van der Waals surface area contributed by atoms with Gasteiger partial charge in [-0.1, -0.05) is 127 Å². The lowest BCUT2D eigenvalue weighted by atomic mass is 9.67. The minimum absolute atomic E-state index is 0.258. The van der Waals surface area contributed by atoms with Gasteiger partial charge in [0.25, 0.3) is 0 Å². The summed E-state index contributed by atoms with van der Waals surface area (Å²) in [5.74, 6) is -0.258. The number of rotatable bonds is 8. The summed E-state index contributed by atoms with van der Waals surface area (Å²) in [6.07, 6.45) is 0.